The van der Waals surface area contributed by atoms with Crippen molar-refractivity contribution in [3.63, 3.8) is 0 Å². The summed E-state index contributed by atoms with van der Waals surface area (Å²) in [6.45, 7) is 9.80. The number of methoxy groups -OCH3 is 1. The number of fused-ring (bicyclic) bond motifs is 1. The maximum Gasteiger partial charge on any atom is 0.223 e. The first kappa shape index (κ1) is 25.6. The van der Waals surface area contributed by atoms with Crippen LogP contribution in [0.3, 0.4) is 0 Å². The van der Waals surface area contributed by atoms with Gasteiger partial charge in [-0.15, -0.1) is 0 Å². The predicted molar refractivity (Wildman–Crippen MR) is 141 cm³/mol. The van der Waals surface area contributed by atoms with E-state index in [1.54, 1.807) is 13.2 Å². The van der Waals surface area contributed by atoms with Crippen LogP contribution in [0.1, 0.15) is 69.1 Å². The van der Waals surface area contributed by atoms with Crippen molar-refractivity contribution in [3.8, 4) is 11.5 Å². The Labute approximate surface area is 210 Å². The van der Waals surface area contributed by atoms with Crippen LogP contribution in [-0.2, 0) is 17.6 Å². The summed E-state index contributed by atoms with van der Waals surface area (Å²) in [6.07, 6.45) is 5.95. The van der Waals surface area contributed by atoms with Crippen molar-refractivity contribution in [3.05, 3.63) is 59.2 Å². The maximum absolute atomic E-state index is 12.9. The van der Waals surface area contributed by atoms with E-state index in [0.717, 1.165) is 63.9 Å². The third-order valence-electron chi connectivity index (χ3n) is 8.18. The summed E-state index contributed by atoms with van der Waals surface area (Å²) >= 11 is 0. The molecule has 1 unspecified atom stereocenters. The van der Waals surface area contributed by atoms with Gasteiger partial charge in [0, 0.05) is 18.0 Å². The minimum atomic E-state index is 0.0626. The van der Waals surface area contributed by atoms with Gasteiger partial charge in [-0.2, -0.15) is 0 Å². The molecule has 2 aliphatic rings. The van der Waals surface area contributed by atoms with Gasteiger partial charge in [0.25, 0.3) is 0 Å². The summed E-state index contributed by atoms with van der Waals surface area (Å²) in [5.41, 5.74) is 3.94. The number of nitrogens with one attached hydrogen (secondary N) is 1. The van der Waals surface area contributed by atoms with Crippen LogP contribution in [0.4, 0.5) is 0 Å². The molecule has 1 amide bonds. The molecule has 0 saturated carbocycles. The van der Waals surface area contributed by atoms with Crippen LogP contribution in [0.2, 0.25) is 0 Å². The molecule has 1 aliphatic carbocycles. The number of ether oxygens (including phenoxy) is 1. The van der Waals surface area contributed by atoms with Crippen molar-refractivity contribution in [1.29, 1.82) is 0 Å². The van der Waals surface area contributed by atoms with E-state index in [1.165, 1.54) is 16.7 Å². The average Bonchev–Trinajstić information content (AvgIpc) is 2.86. The van der Waals surface area contributed by atoms with Crippen molar-refractivity contribution in [2.24, 2.45) is 11.8 Å². The zero-order valence-corrected chi connectivity index (χ0v) is 21.8. The molecule has 5 nitrogen and oxygen atoms in total. The number of carbonyl (C=O) groups is 1. The smallest absolute Gasteiger partial charge is 0.223 e. The molecule has 5 heteroatoms. The molecule has 2 aromatic carbocycles. The zero-order chi connectivity index (χ0) is 25.0. The molecule has 0 spiro atoms. The summed E-state index contributed by atoms with van der Waals surface area (Å²) in [4.78, 5) is 15.5. The number of hydrogen-bond donors (Lipinski definition) is 2. The number of amides is 1. The van der Waals surface area contributed by atoms with Crippen LogP contribution in [0, 0.1) is 11.8 Å². The van der Waals surface area contributed by atoms with Crippen molar-refractivity contribution >= 4 is 5.91 Å². The van der Waals surface area contributed by atoms with Crippen LogP contribution in [0.5, 0.6) is 11.5 Å². The Balaban J connectivity index is 1.23. The van der Waals surface area contributed by atoms with Crippen molar-refractivity contribution < 1.29 is 14.6 Å². The molecule has 2 N–H and O–H groups in total. The lowest BCUT2D eigenvalue weighted by atomic mass is 9.83. The van der Waals surface area contributed by atoms with Gasteiger partial charge in [0.2, 0.25) is 5.91 Å². The molecule has 190 valence electrons. The van der Waals surface area contributed by atoms with Gasteiger partial charge >= 0.3 is 0 Å². The highest BCUT2D eigenvalue weighted by Crippen LogP contribution is 2.34. The quantitative estimate of drug-likeness (QED) is 0.540. The maximum atomic E-state index is 12.9. The Morgan fingerprint density at radius 2 is 1.91 bits per heavy atom. The van der Waals surface area contributed by atoms with Crippen LogP contribution in [0.15, 0.2) is 42.5 Å². The number of hydrogen-bond acceptors (Lipinski definition) is 4. The minimum absolute atomic E-state index is 0.0626. The van der Waals surface area contributed by atoms with E-state index in [-0.39, 0.29) is 17.4 Å². The Bertz CT molecular complexity index is 1010. The second-order valence-corrected chi connectivity index (χ2v) is 11.3. The third-order valence-corrected chi connectivity index (χ3v) is 8.18. The summed E-state index contributed by atoms with van der Waals surface area (Å²) in [5.74, 6) is 2.45. The number of aryl methyl sites for hydroxylation is 1. The molecule has 1 heterocycles. The summed E-state index contributed by atoms with van der Waals surface area (Å²) < 4.78 is 5.34. The standard InChI is InChI=1S/C30H42N2O3/c1-21(20-31-29(34)26-9-8-25-18-28(35-4)11-10-24(25)16-26)19-30(2,3)32-14-12-22(13-15-32)23-6-5-7-27(33)17-23/h5-7,10-11,17-18,21-22,26,33H,8-9,12-16,19-20H2,1-4H3,(H,31,34)/t21?,26-/m0/s1. The van der Waals surface area contributed by atoms with E-state index < -0.39 is 0 Å². The lowest BCUT2D eigenvalue weighted by Gasteiger charge is -2.44. The molecule has 0 bridgehead atoms. The number of piperidine rings is 1. The Morgan fingerprint density at radius 1 is 1.14 bits per heavy atom. The van der Waals surface area contributed by atoms with E-state index in [9.17, 15) is 9.90 Å². The molecule has 1 saturated heterocycles. The fraction of sp³-hybridized carbons (Fsp3) is 0.567. The largest absolute Gasteiger partial charge is 0.508 e. The molecule has 2 atom stereocenters. The second-order valence-electron chi connectivity index (χ2n) is 11.3. The van der Waals surface area contributed by atoms with Crippen LogP contribution < -0.4 is 10.1 Å². The minimum Gasteiger partial charge on any atom is -0.508 e. The van der Waals surface area contributed by atoms with Crippen molar-refractivity contribution in [1.82, 2.24) is 10.2 Å². The van der Waals surface area contributed by atoms with E-state index in [4.69, 9.17) is 4.74 Å². The van der Waals surface area contributed by atoms with Gasteiger partial charge in [-0.05, 0) is 118 Å². The Kier molecular flexibility index (Phi) is 8.05. The van der Waals surface area contributed by atoms with E-state index >= 15 is 0 Å². The number of carbonyl (C=O) groups excluding carboxylic acids is 1. The van der Waals surface area contributed by atoms with Gasteiger partial charge < -0.3 is 15.2 Å². The highest BCUT2D eigenvalue weighted by Gasteiger charge is 2.33. The summed E-state index contributed by atoms with van der Waals surface area (Å²) in [5, 5.41) is 13.1. The number of phenolic OH excluding ortho intramolecular Hbond substituents is 1. The molecular formula is C30H42N2O3. The predicted octanol–water partition coefficient (Wildman–Crippen LogP) is 5.31. The first-order valence-electron chi connectivity index (χ1n) is 13.2. The van der Waals surface area contributed by atoms with Gasteiger partial charge in [-0.25, -0.2) is 0 Å². The van der Waals surface area contributed by atoms with Gasteiger partial charge in [0.05, 0.1) is 7.11 Å². The average molecular weight is 479 g/mol. The molecular weight excluding hydrogens is 436 g/mol. The molecule has 2 aromatic rings. The molecule has 1 fully saturated rings. The Hall–Kier alpha value is -2.53. The molecule has 4 rings (SSSR count). The first-order valence-corrected chi connectivity index (χ1v) is 13.2. The second kappa shape index (κ2) is 11.0. The van der Waals surface area contributed by atoms with Gasteiger partial charge in [-0.3, -0.25) is 9.69 Å². The first-order chi connectivity index (χ1) is 16.7. The fourth-order valence-corrected chi connectivity index (χ4v) is 6.15. The van der Waals surface area contributed by atoms with Crippen molar-refractivity contribution in [2.75, 3.05) is 26.7 Å². The highest BCUT2D eigenvalue weighted by molar-refractivity contribution is 5.79. The van der Waals surface area contributed by atoms with Gasteiger partial charge in [0.1, 0.15) is 11.5 Å². The number of rotatable bonds is 8. The van der Waals surface area contributed by atoms with Crippen LogP contribution >= 0.6 is 0 Å². The number of aromatic hydroxyl groups is 1. The number of phenols is 1. The number of benzene rings is 2. The van der Waals surface area contributed by atoms with E-state index in [0.29, 0.717) is 17.6 Å². The normalized spacial score (nSPS) is 20.2. The van der Waals surface area contributed by atoms with Gasteiger partial charge in [0.15, 0.2) is 0 Å². The monoisotopic (exact) mass is 478 g/mol. The highest BCUT2D eigenvalue weighted by atomic mass is 16.5. The van der Waals surface area contributed by atoms with Crippen LogP contribution in [0.25, 0.3) is 0 Å². The number of nitrogens with zero attached hydrogens (tertiary/aromatic N) is 1. The van der Waals surface area contributed by atoms with Gasteiger partial charge in [-0.1, -0.05) is 25.1 Å². The summed E-state index contributed by atoms with van der Waals surface area (Å²) in [6, 6.07) is 14.0. The molecule has 0 radical (unpaired) electrons. The topological polar surface area (TPSA) is 61.8 Å². The lowest BCUT2D eigenvalue weighted by Crippen LogP contribution is -2.49. The Morgan fingerprint density at radius 3 is 2.63 bits per heavy atom. The zero-order valence-electron chi connectivity index (χ0n) is 21.8. The van der Waals surface area contributed by atoms with E-state index in [2.05, 4.69) is 49.2 Å². The lowest BCUT2D eigenvalue weighted by molar-refractivity contribution is -0.125. The number of likely N-dealkylation sites (tertiary alicyclic amines) is 1. The molecule has 35 heavy (non-hydrogen) atoms. The van der Waals surface area contributed by atoms with Crippen molar-refractivity contribution in [2.45, 2.75) is 70.8 Å². The molecule has 0 aromatic heterocycles. The SMILES string of the molecule is COc1ccc2c(c1)CC[C@H](C(=O)NCC(C)CC(C)(C)N1CCC(c3cccc(O)c3)CC1)C2. The van der Waals surface area contributed by atoms with Crippen LogP contribution in [-0.4, -0.2) is 48.2 Å². The van der Waals surface area contributed by atoms with E-state index in [1.807, 2.05) is 18.2 Å². The third kappa shape index (κ3) is 6.38. The summed E-state index contributed by atoms with van der Waals surface area (Å²) in [7, 11) is 1.70. The fourth-order valence-electron chi connectivity index (χ4n) is 6.15. The molecule has 1 aliphatic heterocycles.